The minimum absolute atomic E-state index is 0.239. The number of benzene rings is 2. The van der Waals surface area contributed by atoms with Crippen LogP contribution in [0.25, 0.3) is 10.9 Å². The number of carboxylic acids is 2. The minimum Gasteiger partial charge on any atom is -0.497 e. The zero-order chi connectivity index (χ0) is 24.5. The number of rotatable bonds is 8. The first-order valence-corrected chi connectivity index (χ1v) is 11.4. The van der Waals surface area contributed by atoms with Crippen molar-refractivity contribution < 1.29 is 34.0 Å². The van der Waals surface area contributed by atoms with E-state index in [1.807, 2.05) is 23.1 Å². The Kier molecular flexibility index (Phi) is 6.23. The van der Waals surface area contributed by atoms with Crippen molar-refractivity contribution in [3.8, 4) is 17.2 Å². The van der Waals surface area contributed by atoms with Crippen molar-refractivity contribution in [2.45, 2.75) is 19.1 Å². The standard InChI is InChI=1S/C25H27N3O7/c1-33-17-3-4-20-18(11-17)19(13-28(20)14-23(29)30)24(25(31)32)27-8-6-26(7-9-27)12-16-2-5-21-22(10-16)35-15-34-21/h2-5,10-11,13,24H,6-9,12,14-15H2,1H3,(H,29,30)(H,31,32)/t24-/m0/s1. The van der Waals surface area contributed by atoms with Gasteiger partial charge in [0.2, 0.25) is 6.79 Å². The first-order chi connectivity index (χ1) is 16.9. The highest BCUT2D eigenvalue weighted by Crippen LogP contribution is 2.35. The second-order valence-electron chi connectivity index (χ2n) is 8.73. The molecule has 2 N–H and O–H groups in total. The minimum atomic E-state index is -0.992. The third-order valence-electron chi connectivity index (χ3n) is 6.57. The number of hydrogen-bond donors (Lipinski definition) is 2. The molecule has 10 nitrogen and oxygen atoms in total. The summed E-state index contributed by atoms with van der Waals surface area (Å²) in [5.74, 6) is 0.131. The molecule has 0 spiro atoms. The van der Waals surface area contributed by atoms with Gasteiger partial charge in [-0.15, -0.1) is 0 Å². The van der Waals surface area contributed by atoms with Crippen LogP contribution in [0, 0.1) is 0 Å². The lowest BCUT2D eigenvalue weighted by atomic mass is 10.0. The Morgan fingerprint density at radius 3 is 2.51 bits per heavy atom. The van der Waals surface area contributed by atoms with Crippen molar-refractivity contribution in [2.75, 3.05) is 40.1 Å². The predicted molar refractivity (Wildman–Crippen MR) is 126 cm³/mol. The van der Waals surface area contributed by atoms with Crippen molar-refractivity contribution in [1.82, 2.24) is 14.4 Å². The molecule has 0 radical (unpaired) electrons. The van der Waals surface area contributed by atoms with E-state index in [1.54, 1.807) is 36.1 Å². The number of ether oxygens (including phenoxy) is 3. The molecule has 0 amide bonds. The highest BCUT2D eigenvalue weighted by Gasteiger charge is 2.33. The van der Waals surface area contributed by atoms with Crippen LogP contribution < -0.4 is 14.2 Å². The molecule has 0 bridgehead atoms. The van der Waals surface area contributed by atoms with Gasteiger partial charge in [-0.3, -0.25) is 19.4 Å². The molecule has 35 heavy (non-hydrogen) atoms. The zero-order valence-electron chi connectivity index (χ0n) is 19.3. The lowest BCUT2D eigenvalue weighted by Crippen LogP contribution is -2.48. The van der Waals surface area contributed by atoms with Crippen molar-refractivity contribution in [3.63, 3.8) is 0 Å². The van der Waals surface area contributed by atoms with Gasteiger partial charge in [0.25, 0.3) is 0 Å². The molecule has 5 rings (SSSR count). The summed E-state index contributed by atoms with van der Waals surface area (Å²) >= 11 is 0. The van der Waals surface area contributed by atoms with Crippen LogP contribution in [0.15, 0.2) is 42.6 Å². The molecule has 3 heterocycles. The van der Waals surface area contributed by atoms with E-state index in [1.165, 1.54) is 0 Å². The van der Waals surface area contributed by atoms with Crippen molar-refractivity contribution in [2.24, 2.45) is 0 Å². The quantitative estimate of drug-likeness (QED) is 0.501. The lowest BCUT2D eigenvalue weighted by molar-refractivity contribution is -0.144. The third-order valence-corrected chi connectivity index (χ3v) is 6.57. The Balaban J connectivity index is 1.36. The van der Waals surface area contributed by atoms with Gasteiger partial charge in [-0.05, 0) is 35.9 Å². The maximum absolute atomic E-state index is 12.5. The van der Waals surface area contributed by atoms with Crippen LogP contribution in [0.3, 0.4) is 0 Å². The van der Waals surface area contributed by atoms with Crippen LogP contribution in [0.2, 0.25) is 0 Å². The Bertz CT molecular complexity index is 1260. The molecular formula is C25H27N3O7. The number of piperazine rings is 1. The highest BCUT2D eigenvalue weighted by atomic mass is 16.7. The lowest BCUT2D eigenvalue weighted by Gasteiger charge is -2.37. The molecule has 2 aliphatic heterocycles. The molecule has 1 atom stereocenters. The number of carbonyl (C=O) groups is 2. The van der Waals surface area contributed by atoms with E-state index in [0.717, 1.165) is 23.6 Å². The van der Waals surface area contributed by atoms with Crippen LogP contribution in [0.4, 0.5) is 0 Å². The van der Waals surface area contributed by atoms with Crippen molar-refractivity contribution >= 4 is 22.8 Å². The van der Waals surface area contributed by atoms with Gasteiger partial charge in [0.05, 0.1) is 7.11 Å². The molecule has 1 saturated heterocycles. The van der Waals surface area contributed by atoms with Crippen LogP contribution in [-0.2, 0) is 22.7 Å². The summed E-state index contributed by atoms with van der Waals surface area (Å²) in [6.45, 7) is 3.26. The number of hydrogen-bond acceptors (Lipinski definition) is 7. The van der Waals surface area contributed by atoms with E-state index in [0.29, 0.717) is 48.4 Å². The van der Waals surface area contributed by atoms with E-state index < -0.39 is 18.0 Å². The van der Waals surface area contributed by atoms with Crippen molar-refractivity contribution in [1.29, 1.82) is 0 Å². The highest BCUT2D eigenvalue weighted by molar-refractivity contribution is 5.91. The third kappa shape index (κ3) is 4.62. The average molecular weight is 482 g/mol. The number of fused-ring (bicyclic) bond motifs is 2. The van der Waals surface area contributed by atoms with Gasteiger partial charge in [0, 0.05) is 55.4 Å². The Morgan fingerprint density at radius 2 is 1.80 bits per heavy atom. The van der Waals surface area contributed by atoms with Crippen molar-refractivity contribution in [3.05, 3.63) is 53.7 Å². The summed E-state index contributed by atoms with van der Waals surface area (Å²) in [4.78, 5) is 28.1. The second-order valence-corrected chi connectivity index (χ2v) is 8.73. The topological polar surface area (TPSA) is 114 Å². The summed E-state index contributed by atoms with van der Waals surface area (Å²) in [7, 11) is 1.54. The summed E-state index contributed by atoms with van der Waals surface area (Å²) in [6.07, 6.45) is 1.65. The molecule has 0 unspecified atom stereocenters. The first kappa shape index (κ1) is 23.0. The average Bonchev–Trinajstić information content (AvgIpc) is 3.44. The normalized spacial score (nSPS) is 16.9. The largest absolute Gasteiger partial charge is 0.497 e. The van der Waals surface area contributed by atoms with Gasteiger partial charge in [-0.1, -0.05) is 6.07 Å². The van der Waals surface area contributed by atoms with Gasteiger partial charge in [-0.25, -0.2) is 0 Å². The molecule has 2 aromatic carbocycles. The van der Waals surface area contributed by atoms with Crippen LogP contribution in [0.1, 0.15) is 17.2 Å². The summed E-state index contributed by atoms with van der Waals surface area (Å²) in [6, 6.07) is 10.3. The van der Waals surface area contributed by atoms with Crippen LogP contribution >= 0.6 is 0 Å². The summed E-state index contributed by atoms with van der Waals surface area (Å²) < 4.78 is 17.8. The number of methoxy groups -OCH3 is 1. The Morgan fingerprint density at radius 1 is 1.03 bits per heavy atom. The van der Waals surface area contributed by atoms with E-state index >= 15 is 0 Å². The van der Waals surface area contributed by atoms with Crippen LogP contribution in [0.5, 0.6) is 17.2 Å². The number of aliphatic carboxylic acids is 2. The molecular weight excluding hydrogens is 454 g/mol. The monoisotopic (exact) mass is 481 g/mol. The SMILES string of the molecule is COc1ccc2c(c1)c([C@@H](C(=O)O)N1CCN(Cc3ccc4c(c3)OCO4)CC1)cn2CC(=O)O. The fraction of sp³-hybridized carbons (Fsp3) is 0.360. The van der Waals surface area contributed by atoms with E-state index in [-0.39, 0.29) is 13.3 Å². The smallest absolute Gasteiger partial charge is 0.325 e. The fourth-order valence-electron chi connectivity index (χ4n) is 4.89. The molecule has 1 fully saturated rings. The second kappa shape index (κ2) is 9.47. The van der Waals surface area contributed by atoms with Gasteiger partial charge < -0.3 is 29.0 Å². The summed E-state index contributed by atoms with van der Waals surface area (Å²) in [5, 5.41) is 20.2. The van der Waals surface area contributed by atoms with Gasteiger partial charge in [-0.2, -0.15) is 0 Å². The first-order valence-electron chi connectivity index (χ1n) is 11.4. The maximum atomic E-state index is 12.5. The molecule has 3 aromatic rings. The Labute approximate surface area is 201 Å². The Hall–Kier alpha value is -3.76. The zero-order valence-corrected chi connectivity index (χ0v) is 19.3. The molecule has 0 saturated carbocycles. The van der Waals surface area contributed by atoms with Gasteiger partial charge in [0.1, 0.15) is 18.3 Å². The molecule has 0 aliphatic carbocycles. The summed E-state index contributed by atoms with van der Waals surface area (Å²) in [5.41, 5.74) is 2.34. The molecule has 10 heteroatoms. The predicted octanol–water partition coefficient (Wildman–Crippen LogP) is 2.41. The van der Waals surface area contributed by atoms with Crippen LogP contribution in [-0.4, -0.2) is 76.6 Å². The number of aromatic nitrogens is 1. The van der Waals surface area contributed by atoms with Gasteiger partial charge >= 0.3 is 11.9 Å². The van der Waals surface area contributed by atoms with E-state index in [9.17, 15) is 19.8 Å². The van der Waals surface area contributed by atoms with E-state index in [4.69, 9.17) is 14.2 Å². The molecule has 184 valence electrons. The van der Waals surface area contributed by atoms with E-state index in [2.05, 4.69) is 4.90 Å². The number of nitrogens with zero attached hydrogens (tertiary/aromatic N) is 3. The van der Waals surface area contributed by atoms with Gasteiger partial charge in [0.15, 0.2) is 11.5 Å². The molecule has 2 aliphatic rings. The number of carboxylic acid groups (broad SMARTS) is 2. The maximum Gasteiger partial charge on any atom is 0.325 e. The fourth-order valence-corrected chi connectivity index (χ4v) is 4.89. The molecule has 1 aromatic heterocycles.